The van der Waals surface area contributed by atoms with Crippen LogP contribution in [0.4, 0.5) is 5.69 Å². The Kier molecular flexibility index (Phi) is 3.78. The Morgan fingerprint density at radius 3 is 2.75 bits per heavy atom. The summed E-state index contributed by atoms with van der Waals surface area (Å²) in [5, 5.41) is 0. The molecule has 1 fully saturated rings. The van der Waals surface area contributed by atoms with Crippen molar-refractivity contribution in [1.29, 1.82) is 0 Å². The second kappa shape index (κ2) is 5.22. The van der Waals surface area contributed by atoms with Crippen molar-refractivity contribution in [2.45, 2.75) is 11.3 Å². The zero-order valence-corrected chi connectivity index (χ0v) is 11.5. The summed E-state index contributed by atoms with van der Waals surface area (Å²) in [4.78, 5) is 24.3. The molecule has 1 atom stereocenters. The number of rotatable bonds is 3. The number of benzene rings is 1. The first-order valence-corrected chi connectivity index (χ1v) is 7.22. The maximum Gasteiger partial charge on any atom is 0.311 e. The lowest BCUT2D eigenvalue weighted by Gasteiger charge is -2.16. The van der Waals surface area contributed by atoms with E-state index in [0.29, 0.717) is 5.69 Å². The first-order valence-electron chi connectivity index (χ1n) is 5.78. The quantitative estimate of drug-likeness (QED) is 0.642. The molecule has 1 aromatic rings. The van der Waals surface area contributed by atoms with E-state index in [9.17, 15) is 18.0 Å². The summed E-state index contributed by atoms with van der Waals surface area (Å²) in [6.45, 7) is 0.125. The van der Waals surface area contributed by atoms with Gasteiger partial charge in [-0.05, 0) is 18.2 Å². The van der Waals surface area contributed by atoms with Crippen LogP contribution < -0.4 is 4.90 Å². The monoisotopic (exact) mass is 299 g/mol. The predicted molar refractivity (Wildman–Crippen MR) is 68.7 cm³/mol. The third-order valence-corrected chi connectivity index (χ3v) is 3.94. The second-order valence-electron chi connectivity index (χ2n) is 4.40. The van der Waals surface area contributed by atoms with Gasteiger partial charge in [-0.25, -0.2) is 0 Å². The Hall–Kier alpha value is -1.93. The standard InChI is InChI=1S/C12H13NO6S/c1-19-12(15)8-5-11(14)13(7-8)9-3-2-4-10(6-9)20(16,17)18/h2-4,6,8H,5,7H2,1H3,(H,16,17,18). The van der Waals surface area contributed by atoms with Gasteiger partial charge in [0.05, 0.1) is 17.9 Å². The van der Waals surface area contributed by atoms with Crippen LogP contribution in [0.2, 0.25) is 0 Å². The lowest BCUT2D eigenvalue weighted by Crippen LogP contribution is -2.26. The van der Waals surface area contributed by atoms with Gasteiger partial charge in [-0.3, -0.25) is 14.1 Å². The van der Waals surface area contributed by atoms with E-state index in [2.05, 4.69) is 4.74 Å². The molecule has 1 unspecified atom stereocenters. The topological polar surface area (TPSA) is 101 Å². The van der Waals surface area contributed by atoms with Crippen LogP contribution in [0.1, 0.15) is 6.42 Å². The van der Waals surface area contributed by atoms with Gasteiger partial charge in [-0.1, -0.05) is 6.07 Å². The van der Waals surface area contributed by atoms with Gasteiger partial charge in [-0.15, -0.1) is 0 Å². The smallest absolute Gasteiger partial charge is 0.311 e. The molecular formula is C12H13NO6S. The Balaban J connectivity index is 2.29. The molecule has 0 saturated carbocycles. The SMILES string of the molecule is COC(=O)C1CC(=O)N(c2cccc(S(=O)(=O)O)c2)C1. The zero-order chi connectivity index (χ0) is 14.9. The van der Waals surface area contributed by atoms with E-state index in [1.807, 2.05) is 0 Å². The highest BCUT2D eigenvalue weighted by Crippen LogP contribution is 2.27. The van der Waals surface area contributed by atoms with E-state index >= 15 is 0 Å². The number of hydrogen-bond donors (Lipinski definition) is 1. The van der Waals surface area contributed by atoms with Gasteiger partial charge in [0.1, 0.15) is 0 Å². The summed E-state index contributed by atoms with van der Waals surface area (Å²) < 4.78 is 35.7. The lowest BCUT2D eigenvalue weighted by molar-refractivity contribution is -0.145. The van der Waals surface area contributed by atoms with Crippen LogP contribution in [0, 0.1) is 5.92 Å². The van der Waals surface area contributed by atoms with E-state index in [-0.39, 0.29) is 23.8 Å². The van der Waals surface area contributed by atoms with Crippen molar-refractivity contribution in [3.05, 3.63) is 24.3 Å². The summed E-state index contributed by atoms with van der Waals surface area (Å²) in [6, 6.07) is 5.35. The third-order valence-electron chi connectivity index (χ3n) is 3.09. The molecule has 1 N–H and O–H groups in total. The molecule has 1 amide bonds. The minimum absolute atomic E-state index is 0.0166. The van der Waals surface area contributed by atoms with Crippen LogP contribution in [-0.4, -0.2) is 38.5 Å². The molecule has 1 saturated heterocycles. The summed E-state index contributed by atoms with van der Waals surface area (Å²) in [5.41, 5.74) is 0.316. The summed E-state index contributed by atoms with van der Waals surface area (Å²) in [7, 11) is -3.09. The molecule has 1 aliphatic rings. The van der Waals surface area contributed by atoms with Crippen molar-refractivity contribution >= 4 is 27.7 Å². The Labute approximate surface area is 115 Å². The largest absolute Gasteiger partial charge is 0.469 e. The number of anilines is 1. The van der Waals surface area contributed by atoms with Gasteiger partial charge in [-0.2, -0.15) is 8.42 Å². The average molecular weight is 299 g/mol. The van der Waals surface area contributed by atoms with Gasteiger partial charge in [0, 0.05) is 18.7 Å². The van der Waals surface area contributed by atoms with Crippen molar-refractivity contribution in [2.24, 2.45) is 5.92 Å². The van der Waals surface area contributed by atoms with Crippen LogP contribution in [-0.2, 0) is 24.4 Å². The maximum absolute atomic E-state index is 11.9. The van der Waals surface area contributed by atoms with Crippen LogP contribution >= 0.6 is 0 Å². The van der Waals surface area contributed by atoms with E-state index in [1.165, 1.54) is 36.3 Å². The van der Waals surface area contributed by atoms with E-state index in [1.54, 1.807) is 0 Å². The molecule has 108 valence electrons. The van der Waals surface area contributed by atoms with E-state index in [4.69, 9.17) is 4.55 Å². The van der Waals surface area contributed by atoms with Crippen molar-refractivity contribution in [3.8, 4) is 0 Å². The first kappa shape index (κ1) is 14.5. The second-order valence-corrected chi connectivity index (χ2v) is 5.82. The van der Waals surface area contributed by atoms with Crippen LogP contribution in [0.15, 0.2) is 29.2 Å². The predicted octanol–water partition coefficient (Wildman–Crippen LogP) is 0.459. The Morgan fingerprint density at radius 2 is 2.15 bits per heavy atom. The summed E-state index contributed by atoms with van der Waals surface area (Å²) >= 11 is 0. The number of esters is 1. The molecule has 0 aromatic heterocycles. The highest BCUT2D eigenvalue weighted by molar-refractivity contribution is 7.85. The number of nitrogens with zero attached hydrogens (tertiary/aromatic N) is 1. The van der Waals surface area contributed by atoms with Crippen molar-refractivity contribution < 1.29 is 27.3 Å². The van der Waals surface area contributed by atoms with Gasteiger partial charge < -0.3 is 9.64 Å². The fourth-order valence-corrected chi connectivity index (χ4v) is 2.61. The van der Waals surface area contributed by atoms with Crippen LogP contribution in [0.3, 0.4) is 0 Å². The molecule has 0 bridgehead atoms. The molecular weight excluding hydrogens is 286 g/mol. The van der Waals surface area contributed by atoms with Gasteiger partial charge in [0.2, 0.25) is 5.91 Å². The molecule has 2 rings (SSSR count). The molecule has 1 heterocycles. The van der Waals surface area contributed by atoms with Gasteiger partial charge in [0.25, 0.3) is 10.1 Å². The number of methoxy groups -OCH3 is 1. The number of carbonyl (C=O) groups is 2. The minimum atomic E-state index is -4.34. The molecule has 0 spiro atoms. The molecule has 1 aromatic carbocycles. The highest BCUT2D eigenvalue weighted by Gasteiger charge is 2.36. The highest BCUT2D eigenvalue weighted by atomic mass is 32.2. The van der Waals surface area contributed by atoms with Crippen LogP contribution in [0.5, 0.6) is 0 Å². The van der Waals surface area contributed by atoms with Gasteiger partial charge in [0.15, 0.2) is 0 Å². The number of hydrogen-bond acceptors (Lipinski definition) is 5. The fraction of sp³-hybridized carbons (Fsp3) is 0.333. The fourth-order valence-electron chi connectivity index (χ4n) is 2.09. The number of carbonyl (C=O) groups excluding carboxylic acids is 2. The lowest BCUT2D eigenvalue weighted by atomic mass is 10.1. The Morgan fingerprint density at radius 1 is 1.45 bits per heavy atom. The third kappa shape index (κ3) is 2.81. The van der Waals surface area contributed by atoms with Gasteiger partial charge >= 0.3 is 5.97 Å². The Bertz CT molecular complexity index is 654. The van der Waals surface area contributed by atoms with Crippen molar-refractivity contribution in [1.82, 2.24) is 0 Å². The van der Waals surface area contributed by atoms with E-state index < -0.39 is 22.0 Å². The number of amides is 1. The molecule has 7 nitrogen and oxygen atoms in total. The molecule has 1 aliphatic heterocycles. The van der Waals surface area contributed by atoms with Crippen molar-refractivity contribution in [2.75, 3.05) is 18.6 Å². The van der Waals surface area contributed by atoms with E-state index in [0.717, 1.165) is 0 Å². The first-order chi connectivity index (χ1) is 9.32. The molecule has 8 heteroatoms. The number of ether oxygens (including phenoxy) is 1. The minimum Gasteiger partial charge on any atom is -0.469 e. The van der Waals surface area contributed by atoms with Crippen molar-refractivity contribution in [3.63, 3.8) is 0 Å². The summed E-state index contributed by atoms with van der Waals surface area (Å²) in [5.74, 6) is -1.35. The average Bonchev–Trinajstić information content (AvgIpc) is 2.79. The van der Waals surface area contributed by atoms with Crippen LogP contribution in [0.25, 0.3) is 0 Å². The zero-order valence-electron chi connectivity index (χ0n) is 10.6. The molecule has 0 radical (unpaired) electrons. The molecule has 20 heavy (non-hydrogen) atoms. The summed E-state index contributed by atoms with van der Waals surface area (Å²) in [6.07, 6.45) is 0.0166. The normalized spacial score (nSPS) is 19.2. The molecule has 0 aliphatic carbocycles. The maximum atomic E-state index is 11.9.